The molecule has 1 aromatic rings. The predicted octanol–water partition coefficient (Wildman–Crippen LogP) is 1.26. The van der Waals surface area contributed by atoms with Gasteiger partial charge in [-0.3, -0.25) is 4.72 Å². The molecule has 0 aliphatic heterocycles. The molecular formula is C9H14N2O2S. The standard InChI is InChI=1S/C9H14N2O2S/c1-6-4-8(11-14(3,12)13)5-7(2)9(6)10/h4-5,11H,10H2,1-3H3. The Kier molecular flexibility index (Phi) is 2.71. The fourth-order valence-electron chi connectivity index (χ4n) is 1.25. The van der Waals surface area contributed by atoms with E-state index in [4.69, 9.17) is 5.73 Å². The number of aryl methyl sites for hydroxylation is 2. The molecule has 5 heteroatoms. The van der Waals surface area contributed by atoms with Crippen LogP contribution in [0.2, 0.25) is 0 Å². The summed E-state index contributed by atoms with van der Waals surface area (Å²) in [4.78, 5) is 0. The van der Waals surface area contributed by atoms with Crippen molar-refractivity contribution in [1.29, 1.82) is 0 Å². The highest BCUT2D eigenvalue weighted by atomic mass is 32.2. The summed E-state index contributed by atoms with van der Waals surface area (Å²) >= 11 is 0. The lowest BCUT2D eigenvalue weighted by molar-refractivity contribution is 0.607. The van der Waals surface area contributed by atoms with Crippen molar-refractivity contribution in [2.45, 2.75) is 13.8 Å². The van der Waals surface area contributed by atoms with E-state index in [0.29, 0.717) is 11.4 Å². The molecule has 0 bridgehead atoms. The molecule has 0 spiro atoms. The smallest absolute Gasteiger partial charge is 0.229 e. The first kappa shape index (κ1) is 10.8. The third-order valence-electron chi connectivity index (χ3n) is 1.90. The number of hydrogen-bond acceptors (Lipinski definition) is 3. The van der Waals surface area contributed by atoms with Gasteiger partial charge in [0.2, 0.25) is 10.0 Å². The molecule has 3 N–H and O–H groups in total. The number of hydrogen-bond donors (Lipinski definition) is 2. The molecule has 14 heavy (non-hydrogen) atoms. The third kappa shape index (κ3) is 2.63. The van der Waals surface area contributed by atoms with E-state index in [1.807, 2.05) is 13.8 Å². The van der Waals surface area contributed by atoms with Crippen LogP contribution in [0, 0.1) is 13.8 Å². The Bertz CT molecular complexity index is 429. The van der Waals surface area contributed by atoms with Crippen molar-refractivity contribution in [2.24, 2.45) is 0 Å². The lowest BCUT2D eigenvalue weighted by Gasteiger charge is -2.09. The van der Waals surface area contributed by atoms with Gasteiger partial charge in [0.15, 0.2) is 0 Å². The zero-order chi connectivity index (χ0) is 10.9. The summed E-state index contributed by atoms with van der Waals surface area (Å²) in [5.74, 6) is 0. The van der Waals surface area contributed by atoms with Gasteiger partial charge in [0.05, 0.1) is 6.26 Å². The van der Waals surface area contributed by atoms with E-state index in [2.05, 4.69) is 4.72 Å². The van der Waals surface area contributed by atoms with Crippen LogP contribution >= 0.6 is 0 Å². The molecule has 0 aromatic heterocycles. The predicted molar refractivity (Wildman–Crippen MR) is 58.8 cm³/mol. The van der Waals surface area contributed by atoms with E-state index in [0.717, 1.165) is 17.4 Å². The van der Waals surface area contributed by atoms with E-state index in [9.17, 15) is 8.42 Å². The zero-order valence-corrected chi connectivity index (χ0v) is 9.27. The monoisotopic (exact) mass is 214 g/mol. The fourth-order valence-corrected chi connectivity index (χ4v) is 1.79. The topological polar surface area (TPSA) is 72.2 Å². The zero-order valence-electron chi connectivity index (χ0n) is 8.46. The van der Waals surface area contributed by atoms with Gasteiger partial charge in [0.25, 0.3) is 0 Å². The van der Waals surface area contributed by atoms with Crippen molar-refractivity contribution in [3.63, 3.8) is 0 Å². The lowest BCUT2D eigenvalue weighted by Crippen LogP contribution is -2.10. The van der Waals surface area contributed by atoms with Gasteiger partial charge in [0.1, 0.15) is 0 Å². The van der Waals surface area contributed by atoms with Crippen LogP contribution in [-0.4, -0.2) is 14.7 Å². The van der Waals surface area contributed by atoms with Gasteiger partial charge < -0.3 is 5.73 Å². The molecule has 4 nitrogen and oxygen atoms in total. The Hall–Kier alpha value is -1.23. The van der Waals surface area contributed by atoms with Crippen molar-refractivity contribution in [3.05, 3.63) is 23.3 Å². The Morgan fingerprint density at radius 2 is 1.64 bits per heavy atom. The summed E-state index contributed by atoms with van der Waals surface area (Å²) in [6.45, 7) is 3.69. The van der Waals surface area contributed by atoms with Crippen LogP contribution in [0.3, 0.4) is 0 Å². The maximum atomic E-state index is 11.0. The van der Waals surface area contributed by atoms with Crippen LogP contribution < -0.4 is 10.5 Å². The second-order valence-corrected chi connectivity index (χ2v) is 5.15. The number of nitrogen functional groups attached to an aromatic ring is 1. The van der Waals surface area contributed by atoms with Crippen molar-refractivity contribution < 1.29 is 8.42 Å². The summed E-state index contributed by atoms with van der Waals surface area (Å²) in [6, 6.07) is 3.42. The maximum Gasteiger partial charge on any atom is 0.229 e. The van der Waals surface area contributed by atoms with Crippen molar-refractivity contribution in [1.82, 2.24) is 0 Å². The molecule has 0 amide bonds. The molecule has 0 unspecified atom stereocenters. The normalized spacial score (nSPS) is 11.4. The lowest BCUT2D eigenvalue weighted by atomic mass is 10.1. The summed E-state index contributed by atoms with van der Waals surface area (Å²) in [5.41, 5.74) is 8.73. The molecule has 0 fully saturated rings. The minimum Gasteiger partial charge on any atom is -0.398 e. The highest BCUT2D eigenvalue weighted by Crippen LogP contribution is 2.22. The van der Waals surface area contributed by atoms with Crippen molar-refractivity contribution >= 4 is 21.4 Å². The Labute approximate surface area is 84.2 Å². The molecule has 0 saturated carbocycles. The number of benzene rings is 1. The van der Waals surface area contributed by atoms with Crippen molar-refractivity contribution in [3.8, 4) is 0 Å². The third-order valence-corrected chi connectivity index (χ3v) is 2.50. The van der Waals surface area contributed by atoms with Gasteiger partial charge >= 0.3 is 0 Å². The van der Waals surface area contributed by atoms with Crippen LogP contribution in [0.4, 0.5) is 11.4 Å². The molecule has 0 radical (unpaired) electrons. The quantitative estimate of drug-likeness (QED) is 0.728. The second kappa shape index (κ2) is 3.49. The molecule has 0 atom stereocenters. The molecular weight excluding hydrogens is 200 g/mol. The van der Waals surface area contributed by atoms with E-state index < -0.39 is 10.0 Å². The molecule has 0 saturated heterocycles. The number of rotatable bonds is 2. The van der Waals surface area contributed by atoms with Crippen LogP contribution in [0.1, 0.15) is 11.1 Å². The molecule has 0 aliphatic carbocycles. The van der Waals surface area contributed by atoms with E-state index in [1.54, 1.807) is 12.1 Å². The highest BCUT2D eigenvalue weighted by molar-refractivity contribution is 7.92. The number of nitrogens with one attached hydrogen (secondary N) is 1. The highest BCUT2D eigenvalue weighted by Gasteiger charge is 2.05. The van der Waals surface area contributed by atoms with Gasteiger partial charge in [-0.05, 0) is 37.1 Å². The van der Waals surface area contributed by atoms with Gasteiger partial charge in [0, 0.05) is 11.4 Å². The van der Waals surface area contributed by atoms with E-state index in [-0.39, 0.29) is 0 Å². The maximum absolute atomic E-state index is 11.0. The van der Waals surface area contributed by atoms with Gasteiger partial charge in [-0.1, -0.05) is 0 Å². The molecule has 1 rings (SSSR count). The first-order chi connectivity index (χ1) is 6.29. The molecule has 1 aromatic carbocycles. The fraction of sp³-hybridized carbons (Fsp3) is 0.333. The summed E-state index contributed by atoms with van der Waals surface area (Å²) in [6.07, 6.45) is 1.12. The minimum atomic E-state index is -3.21. The Morgan fingerprint density at radius 1 is 1.21 bits per heavy atom. The average Bonchev–Trinajstić information content (AvgIpc) is 1.96. The van der Waals surface area contributed by atoms with Gasteiger partial charge in [-0.15, -0.1) is 0 Å². The number of anilines is 2. The van der Waals surface area contributed by atoms with Crippen LogP contribution in [0.25, 0.3) is 0 Å². The Balaban J connectivity index is 3.14. The van der Waals surface area contributed by atoms with Gasteiger partial charge in [-0.2, -0.15) is 0 Å². The molecule has 78 valence electrons. The average molecular weight is 214 g/mol. The summed E-state index contributed by atoms with van der Waals surface area (Å²) in [7, 11) is -3.21. The van der Waals surface area contributed by atoms with E-state index in [1.165, 1.54) is 0 Å². The summed E-state index contributed by atoms with van der Waals surface area (Å²) < 4.78 is 24.3. The minimum absolute atomic E-state index is 0.553. The Morgan fingerprint density at radius 3 is 2.00 bits per heavy atom. The first-order valence-electron chi connectivity index (χ1n) is 4.14. The molecule has 0 heterocycles. The summed E-state index contributed by atoms with van der Waals surface area (Å²) in [5, 5.41) is 0. The van der Waals surface area contributed by atoms with Crippen LogP contribution in [0.5, 0.6) is 0 Å². The number of nitrogens with two attached hydrogens (primary N) is 1. The van der Waals surface area contributed by atoms with Gasteiger partial charge in [-0.25, -0.2) is 8.42 Å². The SMILES string of the molecule is Cc1cc(NS(C)(=O)=O)cc(C)c1N. The van der Waals surface area contributed by atoms with Crippen LogP contribution in [-0.2, 0) is 10.0 Å². The second-order valence-electron chi connectivity index (χ2n) is 3.40. The largest absolute Gasteiger partial charge is 0.398 e. The van der Waals surface area contributed by atoms with Crippen molar-refractivity contribution in [2.75, 3.05) is 16.7 Å². The first-order valence-corrected chi connectivity index (χ1v) is 6.03. The van der Waals surface area contributed by atoms with Crippen LogP contribution in [0.15, 0.2) is 12.1 Å². The molecule has 0 aliphatic rings. The number of sulfonamides is 1. The van der Waals surface area contributed by atoms with E-state index >= 15 is 0 Å².